The van der Waals surface area contributed by atoms with E-state index in [2.05, 4.69) is 18.0 Å². The van der Waals surface area contributed by atoms with Crippen molar-refractivity contribution in [2.24, 2.45) is 11.8 Å². The number of nitrogens with zero attached hydrogens (tertiary/aromatic N) is 3. The average Bonchev–Trinajstić information content (AvgIpc) is 3.64. The third-order valence-corrected chi connectivity index (χ3v) is 8.77. The van der Waals surface area contributed by atoms with Crippen molar-refractivity contribution in [2.75, 3.05) is 33.3 Å². The first-order chi connectivity index (χ1) is 16.2. The first-order valence-electron chi connectivity index (χ1n) is 11.9. The van der Waals surface area contributed by atoms with Gasteiger partial charge in [-0.2, -0.15) is 9.57 Å². The summed E-state index contributed by atoms with van der Waals surface area (Å²) in [7, 11) is -1.79. The van der Waals surface area contributed by atoms with Gasteiger partial charge in [0.15, 0.2) is 0 Å². The molecule has 7 nitrogen and oxygen atoms in total. The van der Waals surface area contributed by atoms with Crippen molar-refractivity contribution in [3.05, 3.63) is 48.0 Å². The molecule has 0 aromatic heterocycles. The summed E-state index contributed by atoms with van der Waals surface area (Å²) in [5, 5.41) is 19.1. The first-order valence-corrected chi connectivity index (χ1v) is 13.3. The van der Waals surface area contributed by atoms with E-state index in [-0.39, 0.29) is 30.1 Å². The topological polar surface area (TPSA) is 93.9 Å². The lowest BCUT2D eigenvalue weighted by molar-refractivity contribution is 0.0741. The molecule has 182 valence electrons. The maximum atomic E-state index is 13.6. The molecule has 8 heteroatoms. The molecular weight excluding hydrogens is 450 g/mol. The van der Waals surface area contributed by atoms with E-state index in [1.54, 1.807) is 37.3 Å². The maximum absolute atomic E-state index is 13.6. The standard InChI is InChI=1S/C26H33N3O4S/c1-18-14-29(19(2)17-30)34(31,32)26-10-9-23(22-6-4-5-21(11-22)13-27)12-24(26)33-25(18)16-28(3)15-20-7-8-20/h4-6,9-12,18-20,25,30H,7-8,14-17H2,1-3H3/t18-,19-,25-/m1/s1. The van der Waals surface area contributed by atoms with Crippen LogP contribution in [0.25, 0.3) is 11.1 Å². The number of sulfonamides is 1. The molecule has 2 aromatic rings. The van der Waals surface area contributed by atoms with Gasteiger partial charge in [-0.1, -0.05) is 25.1 Å². The molecule has 2 aliphatic rings. The van der Waals surface area contributed by atoms with Gasteiger partial charge in [0, 0.05) is 31.6 Å². The lowest BCUT2D eigenvalue weighted by Gasteiger charge is -2.37. The summed E-state index contributed by atoms with van der Waals surface area (Å²) in [5.74, 6) is 0.974. The Morgan fingerprint density at radius 3 is 2.62 bits per heavy atom. The number of fused-ring (bicyclic) bond motifs is 1. The Bertz CT molecular complexity index is 1170. The van der Waals surface area contributed by atoms with Gasteiger partial charge in [0.2, 0.25) is 10.0 Å². The smallest absolute Gasteiger partial charge is 0.247 e. The summed E-state index contributed by atoms with van der Waals surface area (Å²) in [5.41, 5.74) is 2.14. The van der Waals surface area contributed by atoms with Crippen molar-refractivity contribution in [3.63, 3.8) is 0 Å². The van der Waals surface area contributed by atoms with E-state index in [0.29, 0.717) is 17.9 Å². The molecule has 0 radical (unpaired) electrons. The number of nitriles is 1. The van der Waals surface area contributed by atoms with Crippen molar-refractivity contribution in [1.29, 1.82) is 5.26 Å². The van der Waals surface area contributed by atoms with Crippen molar-refractivity contribution < 1.29 is 18.3 Å². The van der Waals surface area contributed by atoms with Gasteiger partial charge in [-0.25, -0.2) is 8.42 Å². The molecule has 1 aliphatic heterocycles. The summed E-state index contributed by atoms with van der Waals surface area (Å²) in [6.07, 6.45) is 2.31. The van der Waals surface area contributed by atoms with Crippen molar-refractivity contribution in [3.8, 4) is 22.9 Å². The Morgan fingerprint density at radius 2 is 1.94 bits per heavy atom. The van der Waals surface area contributed by atoms with Gasteiger partial charge >= 0.3 is 0 Å². The highest BCUT2D eigenvalue weighted by molar-refractivity contribution is 7.89. The number of rotatable bonds is 7. The molecule has 3 atom stereocenters. The Morgan fingerprint density at radius 1 is 1.21 bits per heavy atom. The summed E-state index contributed by atoms with van der Waals surface area (Å²) < 4.78 is 35.1. The minimum atomic E-state index is -3.88. The fraction of sp³-hybridized carbons (Fsp3) is 0.500. The van der Waals surface area contributed by atoms with Crippen LogP contribution in [0.1, 0.15) is 32.3 Å². The summed E-state index contributed by atoms with van der Waals surface area (Å²) in [4.78, 5) is 2.38. The molecule has 0 amide bonds. The number of ether oxygens (including phenoxy) is 1. The van der Waals surface area contributed by atoms with Crippen molar-refractivity contribution in [2.45, 2.75) is 43.7 Å². The normalized spacial score (nSPS) is 23.3. The Hall–Kier alpha value is -2.44. The van der Waals surface area contributed by atoms with Crippen LogP contribution >= 0.6 is 0 Å². The van der Waals surface area contributed by atoms with E-state index in [1.165, 1.54) is 17.1 Å². The maximum Gasteiger partial charge on any atom is 0.247 e. The molecular formula is C26H33N3O4S. The largest absolute Gasteiger partial charge is 0.487 e. The molecule has 1 N–H and O–H groups in total. The van der Waals surface area contributed by atoms with Crippen molar-refractivity contribution in [1.82, 2.24) is 9.21 Å². The molecule has 0 unspecified atom stereocenters. The Balaban J connectivity index is 1.76. The minimum Gasteiger partial charge on any atom is -0.487 e. The zero-order valence-electron chi connectivity index (χ0n) is 20.0. The van der Waals surface area contributed by atoms with Crippen LogP contribution in [0.15, 0.2) is 47.4 Å². The fourth-order valence-corrected chi connectivity index (χ4v) is 6.34. The zero-order chi connectivity index (χ0) is 24.5. The summed E-state index contributed by atoms with van der Waals surface area (Å²) in [6, 6.07) is 13.9. The molecule has 0 bridgehead atoms. The third kappa shape index (κ3) is 5.28. The highest BCUT2D eigenvalue weighted by Gasteiger charge is 2.38. The molecule has 2 aromatic carbocycles. The number of likely N-dealkylation sites (N-methyl/N-ethyl adjacent to an activating group) is 1. The summed E-state index contributed by atoms with van der Waals surface area (Å²) in [6.45, 7) is 5.45. The second-order valence-corrected chi connectivity index (χ2v) is 11.6. The minimum absolute atomic E-state index is 0.0795. The number of hydrogen-bond acceptors (Lipinski definition) is 6. The van der Waals surface area contributed by atoms with E-state index in [0.717, 1.165) is 23.6 Å². The van der Waals surface area contributed by atoms with E-state index in [1.807, 2.05) is 19.1 Å². The van der Waals surface area contributed by atoms with Crippen LogP contribution < -0.4 is 4.74 Å². The highest BCUT2D eigenvalue weighted by Crippen LogP contribution is 2.37. The van der Waals surface area contributed by atoms with Gasteiger partial charge in [-0.05, 0) is 68.1 Å². The second-order valence-electron chi connectivity index (χ2n) is 9.76. The van der Waals surface area contributed by atoms with E-state index in [9.17, 15) is 18.8 Å². The molecule has 0 spiro atoms. The Kier molecular flexibility index (Phi) is 7.29. The fourth-order valence-electron chi connectivity index (χ4n) is 4.51. The summed E-state index contributed by atoms with van der Waals surface area (Å²) >= 11 is 0. The van der Waals surface area contributed by atoms with Crippen LogP contribution in [0.5, 0.6) is 5.75 Å². The third-order valence-electron chi connectivity index (χ3n) is 6.75. The van der Waals surface area contributed by atoms with Crippen LogP contribution in [0.4, 0.5) is 0 Å². The molecule has 1 saturated carbocycles. The predicted octanol–water partition coefficient (Wildman–Crippen LogP) is 3.34. The highest BCUT2D eigenvalue weighted by atomic mass is 32.2. The van der Waals surface area contributed by atoms with E-state index >= 15 is 0 Å². The average molecular weight is 484 g/mol. The van der Waals surface area contributed by atoms with Crippen LogP contribution in [0.3, 0.4) is 0 Å². The van der Waals surface area contributed by atoms with Crippen LogP contribution in [0, 0.1) is 23.2 Å². The second kappa shape index (κ2) is 10.0. The van der Waals surface area contributed by atoms with Crippen LogP contribution in [-0.4, -0.2) is 68.2 Å². The van der Waals surface area contributed by atoms with Gasteiger partial charge in [0.1, 0.15) is 16.7 Å². The number of benzene rings is 2. The lowest BCUT2D eigenvalue weighted by atomic mass is 10.0. The molecule has 0 saturated heterocycles. The quantitative estimate of drug-likeness (QED) is 0.649. The molecule has 1 aliphatic carbocycles. The van der Waals surface area contributed by atoms with Gasteiger partial charge in [-0.15, -0.1) is 0 Å². The van der Waals surface area contributed by atoms with Crippen LogP contribution in [0.2, 0.25) is 0 Å². The molecule has 4 rings (SSSR count). The number of aliphatic hydroxyl groups excluding tert-OH is 1. The van der Waals surface area contributed by atoms with Gasteiger partial charge in [0.25, 0.3) is 0 Å². The lowest BCUT2D eigenvalue weighted by Crippen LogP contribution is -2.49. The van der Waals surface area contributed by atoms with Gasteiger partial charge in [-0.3, -0.25) is 0 Å². The van der Waals surface area contributed by atoms with Crippen molar-refractivity contribution >= 4 is 10.0 Å². The molecule has 1 fully saturated rings. The SMILES string of the molecule is C[C@@H]1CN([C@H](C)CO)S(=O)(=O)c2ccc(-c3cccc(C#N)c3)cc2O[C@@H]1CN(C)CC1CC1. The van der Waals surface area contributed by atoms with Gasteiger partial charge < -0.3 is 14.7 Å². The molecule has 1 heterocycles. The predicted molar refractivity (Wildman–Crippen MR) is 131 cm³/mol. The number of aliphatic hydroxyl groups is 1. The van der Waals surface area contributed by atoms with Gasteiger partial charge in [0.05, 0.1) is 18.2 Å². The zero-order valence-corrected chi connectivity index (χ0v) is 20.8. The van der Waals surface area contributed by atoms with E-state index in [4.69, 9.17) is 4.74 Å². The first kappa shape index (κ1) is 24.7. The Labute approximate surface area is 202 Å². The van der Waals surface area contributed by atoms with E-state index < -0.39 is 16.1 Å². The molecule has 34 heavy (non-hydrogen) atoms. The monoisotopic (exact) mass is 483 g/mol. The number of hydrogen-bond donors (Lipinski definition) is 1. The van der Waals surface area contributed by atoms with Crippen LogP contribution in [-0.2, 0) is 10.0 Å².